The van der Waals surface area contributed by atoms with Crippen molar-refractivity contribution in [3.8, 4) is 0 Å². The van der Waals surface area contributed by atoms with Crippen molar-refractivity contribution in [2.45, 2.75) is 11.3 Å². The number of hydrogen-bond donors (Lipinski definition) is 2. The maximum absolute atomic E-state index is 12.4. The zero-order chi connectivity index (χ0) is 20.2. The van der Waals surface area contributed by atoms with Crippen LogP contribution < -0.4 is 0 Å². The first-order chi connectivity index (χ1) is 11.8. The molecule has 1 aromatic rings. The smallest absolute Gasteiger partial charge is 0.337 e. The molecular weight excluding hydrogens is 378 g/mol. The van der Waals surface area contributed by atoms with Crippen LogP contribution in [0.4, 0.5) is 0 Å². The van der Waals surface area contributed by atoms with Crippen molar-refractivity contribution in [3.05, 3.63) is 41.9 Å². The molecule has 0 atom stereocenters. The molecule has 0 fully saturated rings. The Morgan fingerprint density at radius 1 is 1.08 bits per heavy atom. The Morgan fingerprint density at radius 3 is 2.00 bits per heavy atom. The molecule has 0 unspecified atom stereocenters. The molecule has 0 aliphatic carbocycles. The van der Waals surface area contributed by atoms with Crippen LogP contribution in [0, 0.1) is 0 Å². The van der Waals surface area contributed by atoms with Gasteiger partial charge in [-0.25, -0.2) is 9.59 Å². The van der Waals surface area contributed by atoms with Gasteiger partial charge in [0, 0.05) is 31.2 Å². The molecule has 0 amide bonds. The van der Waals surface area contributed by atoms with Gasteiger partial charge >= 0.3 is 11.9 Å². The number of rotatable bonds is 4. The first kappa shape index (κ1) is 22.0. The number of aliphatic imine (C=N–C) groups is 1. The number of pyridine rings is 1. The molecular formula is C16H22N2O6P2. The van der Waals surface area contributed by atoms with E-state index in [1.54, 1.807) is 6.07 Å². The van der Waals surface area contributed by atoms with Gasteiger partial charge in [0.05, 0.1) is 11.1 Å². The molecule has 10 heteroatoms. The van der Waals surface area contributed by atoms with Crippen molar-refractivity contribution in [3.63, 3.8) is 0 Å². The lowest BCUT2D eigenvalue weighted by molar-refractivity contribution is -0.132. The van der Waals surface area contributed by atoms with E-state index in [2.05, 4.69) is 9.98 Å². The summed E-state index contributed by atoms with van der Waals surface area (Å²) in [6, 6.07) is 3.08. The van der Waals surface area contributed by atoms with E-state index in [1.807, 2.05) is 0 Å². The minimum Gasteiger partial charge on any atom is -0.478 e. The van der Waals surface area contributed by atoms with Crippen LogP contribution in [-0.2, 0) is 13.9 Å². The summed E-state index contributed by atoms with van der Waals surface area (Å²) in [6.45, 7) is 6.12. The number of aliphatic carboxylic acids is 1. The van der Waals surface area contributed by atoms with E-state index in [0.717, 1.165) is 0 Å². The molecule has 1 aliphatic heterocycles. The zero-order valence-corrected chi connectivity index (χ0v) is 16.8. The predicted octanol–water partition coefficient (Wildman–Crippen LogP) is 3.15. The number of carboxylic acids is 2. The number of carboxylic acid groups (broad SMARTS) is 2. The van der Waals surface area contributed by atoms with Gasteiger partial charge in [0.2, 0.25) is 0 Å². The van der Waals surface area contributed by atoms with Crippen LogP contribution in [-0.4, -0.2) is 64.9 Å². The van der Waals surface area contributed by atoms with Gasteiger partial charge in [0.15, 0.2) is 0 Å². The monoisotopic (exact) mass is 400 g/mol. The van der Waals surface area contributed by atoms with E-state index in [9.17, 15) is 18.7 Å². The normalized spacial score (nSPS) is 16.1. The lowest BCUT2D eigenvalue weighted by Crippen LogP contribution is -2.33. The summed E-state index contributed by atoms with van der Waals surface area (Å²) in [6.07, 6.45) is 5.50. The molecule has 1 aliphatic rings. The molecule has 2 rings (SSSR count). The van der Waals surface area contributed by atoms with E-state index >= 15 is 0 Å². The van der Waals surface area contributed by atoms with Crippen LogP contribution in [0.1, 0.15) is 16.8 Å². The molecule has 0 saturated heterocycles. The van der Waals surface area contributed by atoms with Crippen LogP contribution >= 0.6 is 14.3 Å². The van der Waals surface area contributed by atoms with Gasteiger partial charge in [0.25, 0.3) is 0 Å². The first-order valence-electron chi connectivity index (χ1n) is 7.52. The number of nitrogens with zero attached hydrogens (tertiary/aromatic N) is 2. The third kappa shape index (κ3) is 4.99. The third-order valence-corrected chi connectivity index (χ3v) is 11.2. The SMILES string of the molecule is CP(C)(=O)C1(P(C)(C)=O)C=NC=C(C(=O)O)C1.O=C(O)c1cccnc1. The standard InChI is InChI=1S/C10H17NO4P2.C6H5NO2/c1-16(2,14)10(17(3,4)15)5-8(9(12)13)6-11-7-10;8-6(9)5-2-1-3-7-4-5/h6-7H,5H2,1-4H3,(H,12,13);1-4H,(H,8,9). The van der Waals surface area contributed by atoms with E-state index < -0.39 is 31.1 Å². The minimum absolute atomic E-state index is 0.0143. The molecule has 2 heterocycles. The molecule has 26 heavy (non-hydrogen) atoms. The summed E-state index contributed by atoms with van der Waals surface area (Å²) in [4.78, 5) is 27.5. The largest absolute Gasteiger partial charge is 0.478 e. The van der Waals surface area contributed by atoms with Crippen molar-refractivity contribution < 1.29 is 28.9 Å². The van der Waals surface area contributed by atoms with Gasteiger partial charge < -0.3 is 19.3 Å². The molecule has 0 spiro atoms. The Balaban J connectivity index is 0.000000314. The Morgan fingerprint density at radius 2 is 1.65 bits per heavy atom. The number of carbonyl (C=O) groups is 2. The van der Waals surface area contributed by atoms with Gasteiger partial charge in [-0.1, -0.05) is 0 Å². The van der Waals surface area contributed by atoms with Crippen molar-refractivity contribution in [2.24, 2.45) is 4.99 Å². The highest BCUT2D eigenvalue weighted by Crippen LogP contribution is 2.71. The molecule has 1 aromatic heterocycles. The quantitative estimate of drug-likeness (QED) is 0.742. The van der Waals surface area contributed by atoms with Crippen molar-refractivity contribution in [1.29, 1.82) is 0 Å². The highest BCUT2D eigenvalue weighted by Gasteiger charge is 2.52. The zero-order valence-electron chi connectivity index (χ0n) is 15.0. The van der Waals surface area contributed by atoms with Crippen LogP contribution in [0.25, 0.3) is 0 Å². The summed E-state index contributed by atoms with van der Waals surface area (Å²) >= 11 is 0. The van der Waals surface area contributed by atoms with Gasteiger partial charge in [-0.3, -0.25) is 9.98 Å². The van der Waals surface area contributed by atoms with E-state index in [-0.39, 0.29) is 17.6 Å². The fourth-order valence-corrected chi connectivity index (χ4v) is 8.91. The highest BCUT2D eigenvalue weighted by atomic mass is 31.2. The van der Waals surface area contributed by atoms with Gasteiger partial charge in [0.1, 0.15) is 19.2 Å². The Bertz CT molecular complexity index is 814. The van der Waals surface area contributed by atoms with E-state index in [0.29, 0.717) is 0 Å². The second-order valence-corrected chi connectivity index (χ2v) is 13.9. The highest BCUT2D eigenvalue weighted by molar-refractivity contribution is 7.83. The Kier molecular flexibility index (Phi) is 6.86. The third-order valence-electron chi connectivity index (χ3n) is 4.01. The molecule has 0 bridgehead atoms. The predicted molar refractivity (Wildman–Crippen MR) is 102 cm³/mol. The fraction of sp³-hybridized carbons (Fsp3) is 0.375. The number of hydrogen-bond acceptors (Lipinski definition) is 6. The second kappa shape index (κ2) is 8.11. The molecule has 0 saturated carbocycles. The average Bonchev–Trinajstić information content (AvgIpc) is 2.54. The summed E-state index contributed by atoms with van der Waals surface area (Å²) in [7, 11) is -5.57. The van der Waals surface area contributed by atoms with Gasteiger partial charge in [-0.2, -0.15) is 0 Å². The molecule has 8 nitrogen and oxygen atoms in total. The van der Waals surface area contributed by atoms with Crippen molar-refractivity contribution in [1.82, 2.24) is 4.98 Å². The number of aromatic nitrogens is 1. The van der Waals surface area contributed by atoms with Gasteiger partial charge in [-0.05, 0) is 38.8 Å². The second-order valence-electron chi connectivity index (χ2n) is 6.54. The minimum atomic E-state index is -2.79. The van der Waals surface area contributed by atoms with Crippen molar-refractivity contribution >= 4 is 32.4 Å². The summed E-state index contributed by atoms with van der Waals surface area (Å²) < 4.78 is 24.8. The molecule has 0 aromatic carbocycles. The Labute approximate surface area is 151 Å². The lowest BCUT2D eigenvalue weighted by Gasteiger charge is -2.38. The van der Waals surface area contributed by atoms with Crippen LogP contribution in [0.2, 0.25) is 0 Å². The maximum Gasteiger partial charge on any atom is 0.337 e. The van der Waals surface area contributed by atoms with Crippen LogP contribution in [0.3, 0.4) is 0 Å². The van der Waals surface area contributed by atoms with Crippen molar-refractivity contribution in [2.75, 3.05) is 26.7 Å². The first-order valence-corrected chi connectivity index (χ1v) is 12.7. The van der Waals surface area contributed by atoms with Gasteiger partial charge in [-0.15, -0.1) is 0 Å². The summed E-state index contributed by atoms with van der Waals surface area (Å²) in [5.74, 6) is -2.05. The van der Waals surface area contributed by atoms with Crippen LogP contribution in [0.15, 0.2) is 41.3 Å². The lowest BCUT2D eigenvalue weighted by atomic mass is 10.1. The van der Waals surface area contributed by atoms with E-state index in [4.69, 9.17) is 10.2 Å². The molecule has 2 N–H and O–H groups in total. The maximum atomic E-state index is 12.4. The van der Waals surface area contributed by atoms with Crippen LogP contribution in [0.5, 0.6) is 0 Å². The topological polar surface area (TPSA) is 134 Å². The fourth-order valence-electron chi connectivity index (χ4n) is 2.48. The summed E-state index contributed by atoms with van der Waals surface area (Å²) in [5.41, 5.74) is 0.276. The summed E-state index contributed by atoms with van der Waals surface area (Å²) in [5, 5.41) is 17.3. The Hall–Kier alpha value is -2.04. The molecule has 0 radical (unpaired) electrons. The number of aromatic carboxylic acids is 1. The average molecular weight is 400 g/mol. The molecule has 142 valence electrons. The van der Waals surface area contributed by atoms with E-state index in [1.165, 1.54) is 57.5 Å².